The fourth-order valence-corrected chi connectivity index (χ4v) is 3.96. The number of hydrogen-bond donors (Lipinski definition) is 2. The van der Waals surface area contributed by atoms with Gasteiger partial charge in [-0.3, -0.25) is 0 Å². The molecule has 2 rings (SSSR count). The highest BCUT2D eigenvalue weighted by Gasteiger charge is 2.39. The first-order valence-corrected chi connectivity index (χ1v) is 6.96. The summed E-state index contributed by atoms with van der Waals surface area (Å²) in [6.07, 6.45) is 6.33. The maximum absolute atomic E-state index is 9.62. The van der Waals surface area contributed by atoms with Crippen LogP contribution in [-0.4, -0.2) is 35.3 Å². The molecule has 2 aliphatic heterocycles. The summed E-state index contributed by atoms with van der Waals surface area (Å²) >= 11 is 2.06. The van der Waals surface area contributed by atoms with Crippen molar-refractivity contribution in [1.29, 1.82) is 0 Å². The Kier molecular flexibility index (Phi) is 3.74. The van der Waals surface area contributed by atoms with Gasteiger partial charge in [0, 0.05) is 5.54 Å². The fourth-order valence-electron chi connectivity index (χ4n) is 2.85. The summed E-state index contributed by atoms with van der Waals surface area (Å²) in [5.74, 6) is 3.29. The summed E-state index contributed by atoms with van der Waals surface area (Å²) in [4.78, 5) is 0. The molecule has 0 bridgehead atoms. The number of hydrogen-bond acceptors (Lipinski definition) is 3. The maximum Gasteiger partial charge on any atom is 0.0616 e. The van der Waals surface area contributed by atoms with E-state index in [1.807, 2.05) is 0 Å². The monoisotopic (exact) mass is 215 g/mol. The second kappa shape index (κ2) is 4.86. The van der Waals surface area contributed by atoms with Crippen molar-refractivity contribution < 1.29 is 5.11 Å². The van der Waals surface area contributed by atoms with Crippen molar-refractivity contribution in [2.75, 3.05) is 24.7 Å². The van der Waals surface area contributed by atoms with Crippen LogP contribution in [0.4, 0.5) is 0 Å². The Morgan fingerprint density at radius 1 is 1.29 bits per heavy atom. The van der Waals surface area contributed by atoms with Crippen LogP contribution in [0.2, 0.25) is 0 Å². The summed E-state index contributed by atoms with van der Waals surface area (Å²) < 4.78 is 0. The zero-order valence-electron chi connectivity index (χ0n) is 8.80. The molecule has 0 amide bonds. The number of aliphatic hydroxyl groups excluding tert-OH is 1. The molecule has 2 N–H and O–H groups in total. The van der Waals surface area contributed by atoms with Crippen LogP contribution in [-0.2, 0) is 0 Å². The van der Waals surface area contributed by atoms with Crippen LogP contribution >= 0.6 is 11.8 Å². The van der Waals surface area contributed by atoms with Gasteiger partial charge in [-0.1, -0.05) is 6.42 Å². The Morgan fingerprint density at radius 3 is 2.64 bits per heavy atom. The van der Waals surface area contributed by atoms with E-state index in [1.54, 1.807) is 0 Å². The molecule has 0 spiro atoms. The van der Waals surface area contributed by atoms with E-state index in [9.17, 15) is 5.11 Å². The Hall–Kier alpha value is 0.270. The van der Waals surface area contributed by atoms with Crippen LogP contribution in [0.25, 0.3) is 0 Å². The van der Waals surface area contributed by atoms with Crippen LogP contribution in [0.1, 0.15) is 32.1 Å². The molecule has 1 atom stereocenters. The van der Waals surface area contributed by atoms with Gasteiger partial charge in [-0.2, -0.15) is 11.8 Å². The number of aliphatic hydroxyl groups is 1. The highest BCUT2D eigenvalue weighted by atomic mass is 32.2. The van der Waals surface area contributed by atoms with E-state index in [0.717, 1.165) is 6.54 Å². The lowest BCUT2D eigenvalue weighted by atomic mass is 9.75. The van der Waals surface area contributed by atoms with E-state index in [4.69, 9.17) is 0 Å². The van der Waals surface area contributed by atoms with Gasteiger partial charge < -0.3 is 10.4 Å². The highest BCUT2D eigenvalue weighted by molar-refractivity contribution is 7.99. The Bertz CT molecular complexity index is 174. The lowest BCUT2D eigenvalue weighted by Crippen LogP contribution is -2.57. The molecule has 2 heterocycles. The lowest BCUT2D eigenvalue weighted by molar-refractivity contribution is 0.0722. The Labute approximate surface area is 90.8 Å². The van der Waals surface area contributed by atoms with Gasteiger partial charge in [0.2, 0.25) is 0 Å². The molecule has 2 nitrogen and oxygen atoms in total. The van der Waals surface area contributed by atoms with E-state index in [1.165, 1.54) is 43.6 Å². The van der Waals surface area contributed by atoms with Gasteiger partial charge in [0.15, 0.2) is 0 Å². The first kappa shape index (κ1) is 10.8. The van der Waals surface area contributed by atoms with Gasteiger partial charge in [0.25, 0.3) is 0 Å². The van der Waals surface area contributed by atoms with Crippen LogP contribution in [0, 0.1) is 5.92 Å². The summed E-state index contributed by atoms with van der Waals surface area (Å²) in [5.41, 5.74) is 0.0826. The third-order valence-corrected chi connectivity index (χ3v) is 4.86. The molecule has 82 valence electrons. The van der Waals surface area contributed by atoms with Crippen LogP contribution in [0.5, 0.6) is 0 Å². The summed E-state index contributed by atoms with van der Waals surface area (Å²) in [5, 5.41) is 13.2. The zero-order chi connectivity index (χ0) is 9.86. The topological polar surface area (TPSA) is 32.3 Å². The molecule has 2 fully saturated rings. The minimum absolute atomic E-state index is 0.0826. The van der Waals surface area contributed by atoms with Crippen molar-refractivity contribution in [2.24, 2.45) is 5.92 Å². The molecule has 1 unspecified atom stereocenters. The fraction of sp³-hybridized carbons (Fsp3) is 1.00. The van der Waals surface area contributed by atoms with E-state index in [0.29, 0.717) is 12.5 Å². The molecule has 0 aromatic carbocycles. The first-order valence-electron chi connectivity index (χ1n) is 5.81. The smallest absolute Gasteiger partial charge is 0.0616 e. The van der Waals surface area contributed by atoms with Crippen LogP contribution in [0.15, 0.2) is 0 Å². The van der Waals surface area contributed by atoms with Crippen LogP contribution in [0.3, 0.4) is 0 Å². The summed E-state index contributed by atoms with van der Waals surface area (Å²) in [6, 6.07) is 0. The molecule has 0 saturated carbocycles. The van der Waals surface area contributed by atoms with Gasteiger partial charge in [-0.25, -0.2) is 0 Å². The molecular formula is C11H21NOS. The van der Waals surface area contributed by atoms with Gasteiger partial charge in [-0.15, -0.1) is 0 Å². The number of nitrogens with one attached hydrogen (secondary N) is 1. The molecule has 14 heavy (non-hydrogen) atoms. The third kappa shape index (κ3) is 2.10. The number of piperidine rings is 1. The van der Waals surface area contributed by atoms with Crippen LogP contribution < -0.4 is 5.32 Å². The predicted molar refractivity (Wildman–Crippen MR) is 61.7 cm³/mol. The second-order valence-electron chi connectivity index (χ2n) is 4.58. The minimum atomic E-state index is 0.0826. The Balaban J connectivity index is 2.01. The SMILES string of the molecule is OCC1(C2CCSCC2)CCCCN1. The third-order valence-electron chi connectivity index (χ3n) is 3.81. The van der Waals surface area contributed by atoms with Crippen molar-refractivity contribution in [3.63, 3.8) is 0 Å². The first-order chi connectivity index (χ1) is 6.87. The lowest BCUT2D eigenvalue weighted by Gasteiger charge is -2.44. The van der Waals surface area contributed by atoms with Crippen molar-refractivity contribution in [2.45, 2.75) is 37.6 Å². The predicted octanol–water partition coefficient (Wildman–Crippen LogP) is 1.63. The van der Waals surface area contributed by atoms with E-state index in [2.05, 4.69) is 17.1 Å². The van der Waals surface area contributed by atoms with E-state index < -0.39 is 0 Å². The molecule has 0 aromatic rings. The maximum atomic E-state index is 9.62. The summed E-state index contributed by atoms with van der Waals surface area (Å²) in [6.45, 7) is 1.44. The molecule has 2 aliphatic rings. The quantitative estimate of drug-likeness (QED) is 0.734. The average molecular weight is 215 g/mol. The molecule has 0 radical (unpaired) electrons. The van der Waals surface area contributed by atoms with E-state index >= 15 is 0 Å². The molecule has 2 saturated heterocycles. The molecule has 0 aromatic heterocycles. The standard InChI is InChI=1S/C11H21NOS/c13-9-11(5-1-2-6-12-11)10-3-7-14-8-4-10/h10,12-13H,1-9H2. The second-order valence-corrected chi connectivity index (χ2v) is 5.81. The number of rotatable bonds is 2. The van der Waals surface area contributed by atoms with Crippen molar-refractivity contribution in [3.05, 3.63) is 0 Å². The molecular weight excluding hydrogens is 194 g/mol. The highest BCUT2D eigenvalue weighted by Crippen LogP contribution is 2.36. The normalized spacial score (nSPS) is 35.8. The van der Waals surface area contributed by atoms with Crippen molar-refractivity contribution in [1.82, 2.24) is 5.32 Å². The van der Waals surface area contributed by atoms with Gasteiger partial charge in [0.1, 0.15) is 0 Å². The van der Waals surface area contributed by atoms with Crippen molar-refractivity contribution in [3.8, 4) is 0 Å². The Morgan fingerprint density at radius 2 is 2.07 bits per heavy atom. The van der Waals surface area contributed by atoms with Gasteiger partial charge in [-0.05, 0) is 49.7 Å². The number of thioether (sulfide) groups is 1. The molecule has 3 heteroatoms. The van der Waals surface area contributed by atoms with E-state index in [-0.39, 0.29) is 5.54 Å². The minimum Gasteiger partial charge on any atom is -0.394 e. The van der Waals surface area contributed by atoms with Crippen molar-refractivity contribution >= 4 is 11.8 Å². The average Bonchev–Trinajstić information content (AvgIpc) is 2.31. The van der Waals surface area contributed by atoms with Gasteiger partial charge >= 0.3 is 0 Å². The summed E-state index contributed by atoms with van der Waals surface area (Å²) in [7, 11) is 0. The molecule has 0 aliphatic carbocycles. The zero-order valence-corrected chi connectivity index (χ0v) is 9.61. The largest absolute Gasteiger partial charge is 0.394 e. The van der Waals surface area contributed by atoms with Gasteiger partial charge in [0.05, 0.1) is 6.61 Å².